The molecule has 4 aliphatic heterocycles. The number of nitrogens with zero attached hydrogens (tertiary/aromatic N) is 2. The second kappa shape index (κ2) is 18.7. The molecule has 4 saturated heterocycles. The van der Waals surface area contributed by atoms with E-state index in [1.54, 1.807) is 21.9 Å². The molecule has 2 N–H and O–H groups in total. The average molecular weight is 769 g/mol. The summed E-state index contributed by atoms with van der Waals surface area (Å²) in [4.78, 5) is 79.6. The lowest BCUT2D eigenvalue weighted by molar-refractivity contribution is -0.140. The van der Waals surface area contributed by atoms with E-state index in [-0.39, 0.29) is 60.6 Å². The first-order chi connectivity index (χ1) is 27.2. The van der Waals surface area contributed by atoms with Crippen LogP contribution in [0, 0.1) is 11.8 Å². The fraction of sp³-hybridized carbons (Fsp3) is 0.591. The van der Waals surface area contributed by atoms with Gasteiger partial charge in [-0.2, -0.15) is 0 Å². The van der Waals surface area contributed by atoms with Gasteiger partial charge in [-0.1, -0.05) is 99.9 Å². The molecule has 2 aliphatic carbocycles. The number of likely N-dealkylation sites (tertiary alicyclic amines) is 2. The average Bonchev–Trinajstić information content (AvgIpc) is 4.08. The van der Waals surface area contributed by atoms with E-state index < -0.39 is 24.2 Å². The van der Waals surface area contributed by atoms with E-state index in [9.17, 15) is 28.8 Å². The van der Waals surface area contributed by atoms with Crippen LogP contribution >= 0.6 is 0 Å². The van der Waals surface area contributed by atoms with Gasteiger partial charge in [0.1, 0.15) is 37.4 Å². The highest BCUT2D eigenvalue weighted by atomic mass is 16.5. The predicted octanol–water partition coefficient (Wildman–Crippen LogP) is 4.19. The molecule has 4 heterocycles. The number of ketones is 2. The second-order valence-electron chi connectivity index (χ2n) is 16.4. The zero-order valence-electron chi connectivity index (χ0n) is 32.3. The van der Waals surface area contributed by atoms with Crippen molar-refractivity contribution in [2.75, 3.05) is 26.3 Å². The number of carbonyl (C=O) groups is 6. The van der Waals surface area contributed by atoms with Gasteiger partial charge in [-0.3, -0.25) is 28.8 Å². The lowest BCUT2D eigenvalue weighted by Crippen LogP contribution is -2.52. The molecule has 300 valence electrons. The molecule has 2 saturated carbocycles. The smallest absolute Gasteiger partial charge is 0.251 e. The van der Waals surface area contributed by atoms with Crippen LogP contribution in [0.3, 0.4) is 0 Å². The Balaban J connectivity index is 0.000000172. The van der Waals surface area contributed by atoms with Gasteiger partial charge in [-0.25, -0.2) is 0 Å². The minimum atomic E-state index is -0.590. The number of carbonyl (C=O) groups excluding carboxylic acids is 6. The molecule has 0 aromatic heterocycles. The van der Waals surface area contributed by atoms with Crippen LogP contribution in [0.4, 0.5) is 0 Å². The van der Waals surface area contributed by atoms with Crippen molar-refractivity contribution >= 4 is 35.2 Å². The zero-order chi connectivity index (χ0) is 39.0. The van der Waals surface area contributed by atoms with E-state index in [4.69, 9.17) is 9.47 Å². The summed E-state index contributed by atoms with van der Waals surface area (Å²) >= 11 is 0. The van der Waals surface area contributed by atoms with Gasteiger partial charge in [-0.05, 0) is 61.6 Å². The maximum Gasteiger partial charge on any atom is 0.251 e. The molecule has 12 heteroatoms. The summed E-state index contributed by atoms with van der Waals surface area (Å²) in [6.07, 6.45) is 12.5. The third kappa shape index (κ3) is 9.57. The van der Waals surface area contributed by atoms with Crippen LogP contribution in [0.15, 0.2) is 60.7 Å². The van der Waals surface area contributed by atoms with Crippen molar-refractivity contribution in [3.63, 3.8) is 0 Å². The highest BCUT2D eigenvalue weighted by Crippen LogP contribution is 2.33. The fourth-order valence-corrected chi connectivity index (χ4v) is 9.69. The Morgan fingerprint density at radius 3 is 1.59 bits per heavy atom. The van der Waals surface area contributed by atoms with Gasteiger partial charge in [0.15, 0.2) is 11.6 Å². The van der Waals surface area contributed by atoms with E-state index in [1.165, 1.54) is 25.7 Å². The molecule has 6 aliphatic rings. The number of nitrogens with one attached hydrogen (secondary N) is 2. The maximum atomic E-state index is 13.3. The molecule has 0 spiro atoms. The summed E-state index contributed by atoms with van der Waals surface area (Å²) in [7, 11) is 0. The van der Waals surface area contributed by atoms with Crippen molar-refractivity contribution < 1.29 is 38.2 Å². The standard InChI is InChI=1S/C23H30N2O4.C21H26N2O4/c26-19-15-29-20-12-13-25(22(19)20)23(28)18(14-17-8-4-5-9-17)24-21(27)11-10-16-6-2-1-3-7-16;24-17-13-27-18-10-11-23(19(17)18)21(26)16(12-14-6-4-5-7-14)22-20(25)15-8-2-1-3-9-15/h1-3,6-7,17-18,20,22H,4-5,8-15H2,(H,24,27);1-3,8-9,14,16,18-19H,4-7,10-13H2,(H,22,25). The molecule has 2 aromatic rings. The fourth-order valence-electron chi connectivity index (χ4n) is 9.69. The molecule has 0 radical (unpaired) electrons. The summed E-state index contributed by atoms with van der Waals surface area (Å²) < 4.78 is 11.0. The van der Waals surface area contributed by atoms with Gasteiger partial charge >= 0.3 is 0 Å². The number of aryl methyl sites for hydroxylation is 1. The van der Waals surface area contributed by atoms with Crippen LogP contribution in [0.1, 0.15) is 99.4 Å². The van der Waals surface area contributed by atoms with Gasteiger partial charge in [-0.15, -0.1) is 0 Å². The van der Waals surface area contributed by atoms with E-state index in [0.29, 0.717) is 69.0 Å². The van der Waals surface area contributed by atoms with Gasteiger partial charge in [0.25, 0.3) is 5.91 Å². The maximum absolute atomic E-state index is 13.3. The Morgan fingerprint density at radius 2 is 1.09 bits per heavy atom. The number of hydrogen-bond acceptors (Lipinski definition) is 8. The van der Waals surface area contributed by atoms with Crippen LogP contribution in [-0.4, -0.2) is 108 Å². The number of amides is 4. The zero-order valence-corrected chi connectivity index (χ0v) is 32.3. The van der Waals surface area contributed by atoms with E-state index >= 15 is 0 Å². The molecule has 56 heavy (non-hydrogen) atoms. The summed E-state index contributed by atoms with van der Waals surface area (Å²) in [5, 5.41) is 5.95. The minimum absolute atomic E-state index is 0.0177. The van der Waals surface area contributed by atoms with Gasteiger partial charge < -0.3 is 29.9 Å². The summed E-state index contributed by atoms with van der Waals surface area (Å²) in [5.74, 6) is 0.271. The highest BCUT2D eigenvalue weighted by molar-refractivity contribution is 5.99. The number of benzene rings is 2. The lowest BCUT2D eigenvalue weighted by atomic mass is 9.96. The van der Waals surface area contributed by atoms with Crippen molar-refractivity contribution in [3.8, 4) is 0 Å². The van der Waals surface area contributed by atoms with Crippen LogP contribution in [-0.2, 0) is 39.9 Å². The summed E-state index contributed by atoms with van der Waals surface area (Å²) in [5.41, 5.74) is 1.65. The topological polar surface area (TPSA) is 151 Å². The van der Waals surface area contributed by atoms with Crippen LogP contribution in [0.25, 0.3) is 0 Å². The highest BCUT2D eigenvalue weighted by Gasteiger charge is 2.49. The van der Waals surface area contributed by atoms with E-state index in [2.05, 4.69) is 10.6 Å². The Labute approximate surface area is 329 Å². The Hall–Kier alpha value is -4.42. The molecule has 6 atom stereocenters. The quantitative estimate of drug-likeness (QED) is 0.327. The third-order valence-electron chi connectivity index (χ3n) is 12.6. The first-order valence-corrected chi connectivity index (χ1v) is 20.8. The molecule has 12 nitrogen and oxygen atoms in total. The van der Waals surface area contributed by atoms with Crippen LogP contribution in [0.2, 0.25) is 0 Å². The SMILES string of the molecule is O=C(CCc1ccccc1)NC(CC1CCCC1)C(=O)N1CCC2OCC(=O)C21.O=C(NC(CC1CCCC1)C(=O)N1CCC2OCC(=O)C21)c1ccccc1. The summed E-state index contributed by atoms with van der Waals surface area (Å²) in [6, 6.07) is 16.8. The van der Waals surface area contributed by atoms with Crippen molar-refractivity contribution in [2.45, 2.75) is 126 Å². The van der Waals surface area contributed by atoms with Gasteiger partial charge in [0.05, 0.1) is 12.2 Å². The summed E-state index contributed by atoms with van der Waals surface area (Å²) in [6.45, 7) is 1.22. The van der Waals surface area contributed by atoms with Gasteiger partial charge in [0.2, 0.25) is 17.7 Å². The first-order valence-electron chi connectivity index (χ1n) is 20.8. The van der Waals surface area contributed by atoms with Gasteiger partial charge in [0, 0.05) is 25.1 Å². The molecular formula is C44H56N4O8. The Kier molecular flexibility index (Phi) is 13.3. The van der Waals surface area contributed by atoms with E-state index in [1.807, 2.05) is 48.5 Å². The second-order valence-corrected chi connectivity index (χ2v) is 16.4. The number of ether oxygens (including phenoxy) is 2. The van der Waals surface area contributed by atoms with Crippen molar-refractivity contribution in [1.29, 1.82) is 0 Å². The molecule has 6 unspecified atom stereocenters. The lowest BCUT2D eigenvalue weighted by Gasteiger charge is -2.29. The molecular weight excluding hydrogens is 713 g/mol. The molecule has 2 aromatic carbocycles. The van der Waals surface area contributed by atoms with Crippen molar-refractivity contribution in [3.05, 3.63) is 71.8 Å². The van der Waals surface area contributed by atoms with E-state index in [0.717, 1.165) is 31.2 Å². The Bertz CT molecular complexity index is 1710. The van der Waals surface area contributed by atoms with Crippen molar-refractivity contribution in [1.82, 2.24) is 20.4 Å². The first kappa shape index (κ1) is 39.8. The molecule has 4 amide bonds. The largest absolute Gasteiger partial charge is 0.368 e. The Morgan fingerprint density at radius 1 is 0.625 bits per heavy atom. The minimum Gasteiger partial charge on any atom is -0.368 e. The molecule has 6 fully saturated rings. The predicted molar refractivity (Wildman–Crippen MR) is 207 cm³/mol. The number of hydrogen-bond donors (Lipinski definition) is 2. The van der Waals surface area contributed by atoms with Crippen LogP contribution in [0.5, 0.6) is 0 Å². The molecule has 0 bridgehead atoms. The third-order valence-corrected chi connectivity index (χ3v) is 12.6. The number of Topliss-reactive ketones (excluding diaryl/α,β-unsaturated/α-hetero) is 2. The van der Waals surface area contributed by atoms with Crippen molar-refractivity contribution in [2.24, 2.45) is 11.8 Å². The number of fused-ring (bicyclic) bond motifs is 2. The normalized spacial score (nSPS) is 25.7. The number of rotatable bonds is 12. The van der Waals surface area contributed by atoms with Crippen LogP contribution < -0.4 is 10.6 Å². The monoisotopic (exact) mass is 768 g/mol. The molecule has 8 rings (SSSR count).